The molecule has 1 N–H and O–H groups in total. The molecule has 0 spiro atoms. The number of carboxylic acid groups (broad SMARTS) is 1. The number of amides is 1. The van der Waals surface area contributed by atoms with Crippen molar-refractivity contribution in [3.05, 3.63) is 0 Å². The van der Waals surface area contributed by atoms with Gasteiger partial charge in [-0.25, -0.2) is 4.79 Å². The smallest absolute Gasteiger partial charge is 0.422 e. The Morgan fingerprint density at radius 3 is 2.29 bits per heavy atom. The molecule has 0 heterocycles. The zero-order valence-electron chi connectivity index (χ0n) is 9.45. The highest BCUT2D eigenvalue weighted by molar-refractivity contribution is 5.71. The van der Waals surface area contributed by atoms with Gasteiger partial charge in [-0.05, 0) is 13.8 Å². The highest BCUT2D eigenvalue weighted by atomic mass is 19.4. The van der Waals surface area contributed by atoms with Gasteiger partial charge in [0.25, 0.3) is 0 Å². The first-order valence-corrected chi connectivity index (χ1v) is 4.89. The van der Waals surface area contributed by atoms with E-state index < -0.39 is 30.9 Å². The molecule has 1 unspecified atom stereocenters. The highest BCUT2D eigenvalue weighted by Crippen LogP contribution is 2.16. The number of hydrogen-bond donors (Lipinski definition) is 1. The van der Waals surface area contributed by atoms with Crippen molar-refractivity contribution in [1.29, 1.82) is 0 Å². The van der Waals surface area contributed by atoms with E-state index in [1.807, 2.05) is 0 Å². The van der Waals surface area contributed by atoms with E-state index in [0.29, 0.717) is 0 Å². The van der Waals surface area contributed by atoms with Gasteiger partial charge in [0.15, 0.2) is 6.61 Å². The first-order valence-electron chi connectivity index (χ1n) is 4.89. The first-order chi connectivity index (χ1) is 7.67. The molecule has 0 bridgehead atoms. The van der Waals surface area contributed by atoms with Crippen molar-refractivity contribution in [1.82, 2.24) is 4.90 Å². The molecule has 5 nitrogen and oxygen atoms in total. The summed E-state index contributed by atoms with van der Waals surface area (Å²) < 4.78 is 39.4. The fourth-order valence-corrected chi connectivity index (χ4v) is 1.21. The van der Waals surface area contributed by atoms with E-state index in [9.17, 15) is 22.8 Å². The molecule has 0 rings (SSSR count). The number of rotatable bonds is 5. The van der Waals surface area contributed by atoms with Crippen LogP contribution in [0.5, 0.6) is 0 Å². The van der Waals surface area contributed by atoms with Crippen LogP contribution >= 0.6 is 0 Å². The van der Waals surface area contributed by atoms with Crippen LogP contribution in [0, 0.1) is 0 Å². The molecule has 1 amide bonds. The van der Waals surface area contributed by atoms with E-state index in [4.69, 9.17) is 5.11 Å². The third-order valence-corrected chi connectivity index (χ3v) is 1.94. The Morgan fingerprint density at radius 1 is 1.41 bits per heavy atom. The molecule has 0 saturated heterocycles. The van der Waals surface area contributed by atoms with Gasteiger partial charge in [0.1, 0.15) is 0 Å². The second-order valence-corrected chi connectivity index (χ2v) is 3.40. The lowest BCUT2D eigenvalue weighted by molar-refractivity contribution is -0.163. The molecule has 8 heteroatoms. The minimum absolute atomic E-state index is 0.0745. The van der Waals surface area contributed by atoms with Gasteiger partial charge in [-0.15, -0.1) is 0 Å². The standard InChI is InChI=1S/C9H14F3NO4/c1-3-13(6(2)4-7(14)15)8(16)17-5-9(10,11)12/h6H,3-5H2,1-2H3,(H,14,15). The van der Waals surface area contributed by atoms with Crippen molar-refractivity contribution in [2.45, 2.75) is 32.5 Å². The van der Waals surface area contributed by atoms with Crippen LogP contribution in [-0.4, -0.2) is 47.4 Å². The number of carbonyl (C=O) groups is 2. The van der Waals surface area contributed by atoms with Crippen molar-refractivity contribution in [2.75, 3.05) is 13.2 Å². The van der Waals surface area contributed by atoms with Gasteiger partial charge in [0, 0.05) is 12.6 Å². The van der Waals surface area contributed by atoms with E-state index in [2.05, 4.69) is 4.74 Å². The normalized spacial score (nSPS) is 13.0. The zero-order chi connectivity index (χ0) is 13.6. The molecule has 1 atom stereocenters. The molecular weight excluding hydrogens is 243 g/mol. The van der Waals surface area contributed by atoms with E-state index in [0.717, 1.165) is 4.90 Å². The molecule has 0 radical (unpaired) electrons. The maximum Gasteiger partial charge on any atom is 0.422 e. The molecule has 0 fully saturated rings. The van der Waals surface area contributed by atoms with Crippen LogP contribution in [0.4, 0.5) is 18.0 Å². The van der Waals surface area contributed by atoms with E-state index in [1.54, 1.807) is 0 Å². The zero-order valence-corrected chi connectivity index (χ0v) is 9.45. The van der Waals surface area contributed by atoms with Crippen LogP contribution in [0.1, 0.15) is 20.3 Å². The molecule has 0 aromatic heterocycles. The second kappa shape index (κ2) is 6.31. The predicted molar refractivity (Wildman–Crippen MR) is 51.5 cm³/mol. The average molecular weight is 257 g/mol. The summed E-state index contributed by atoms with van der Waals surface area (Å²) >= 11 is 0. The Balaban J connectivity index is 4.35. The molecule has 100 valence electrons. The van der Waals surface area contributed by atoms with Gasteiger partial charge in [-0.3, -0.25) is 4.79 Å². The van der Waals surface area contributed by atoms with Crippen molar-refractivity contribution >= 4 is 12.1 Å². The lowest BCUT2D eigenvalue weighted by Crippen LogP contribution is -2.41. The Labute approximate surface area is 96.1 Å². The molecular formula is C9H14F3NO4. The number of carbonyl (C=O) groups excluding carboxylic acids is 1. The van der Waals surface area contributed by atoms with Gasteiger partial charge >= 0.3 is 18.2 Å². The Morgan fingerprint density at radius 2 is 1.94 bits per heavy atom. The van der Waals surface area contributed by atoms with Gasteiger partial charge in [0.2, 0.25) is 0 Å². The lowest BCUT2D eigenvalue weighted by Gasteiger charge is -2.26. The van der Waals surface area contributed by atoms with Crippen LogP contribution < -0.4 is 0 Å². The molecule has 0 aromatic rings. The predicted octanol–water partition coefficient (Wildman–Crippen LogP) is 1.87. The maximum absolute atomic E-state index is 11.8. The van der Waals surface area contributed by atoms with Crippen LogP contribution in [0.15, 0.2) is 0 Å². The van der Waals surface area contributed by atoms with E-state index >= 15 is 0 Å². The largest absolute Gasteiger partial charge is 0.481 e. The van der Waals surface area contributed by atoms with Gasteiger partial charge in [-0.2, -0.15) is 13.2 Å². The van der Waals surface area contributed by atoms with Crippen molar-refractivity contribution in [3.8, 4) is 0 Å². The Bertz CT molecular complexity index is 280. The van der Waals surface area contributed by atoms with Crippen molar-refractivity contribution in [3.63, 3.8) is 0 Å². The summed E-state index contributed by atoms with van der Waals surface area (Å²) in [7, 11) is 0. The molecule has 0 aliphatic rings. The monoisotopic (exact) mass is 257 g/mol. The third-order valence-electron chi connectivity index (χ3n) is 1.94. The van der Waals surface area contributed by atoms with Crippen LogP contribution in [0.2, 0.25) is 0 Å². The number of alkyl halides is 3. The molecule has 0 aliphatic heterocycles. The van der Waals surface area contributed by atoms with Crippen LogP contribution in [0.25, 0.3) is 0 Å². The number of nitrogens with zero attached hydrogens (tertiary/aromatic N) is 1. The topological polar surface area (TPSA) is 66.8 Å². The summed E-state index contributed by atoms with van der Waals surface area (Å²) in [6.07, 6.45) is -6.11. The Kier molecular flexibility index (Phi) is 5.77. The van der Waals surface area contributed by atoms with Gasteiger partial charge in [0.05, 0.1) is 6.42 Å². The van der Waals surface area contributed by atoms with E-state index in [1.165, 1.54) is 13.8 Å². The quantitative estimate of drug-likeness (QED) is 0.816. The molecule has 0 aromatic carbocycles. The minimum atomic E-state index is -4.59. The summed E-state index contributed by atoms with van der Waals surface area (Å²) in [6.45, 7) is 1.34. The summed E-state index contributed by atoms with van der Waals surface area (Å²) in [6, 6.07) is -0.724. The lowest BCUT2D eigenvalue weighted by atomic mass is 10.2. The second-order valence-electron chi connectivity index (χ2n) is 3.40. The molecule has 0 saturated carbocycles. The fraction of sp³-hybridized carbons (Fsp3) is 0.778. The summed E-state index contributed by atoms with van der Waals surface area (Å²) in [5.74, 6) is -1.14. The van der Waals surface area contributed by atoms with E-state index in [-0.39, 0.29) is 13.0 Å². The van der Waals surface area contributed by atoms with Crippen molar-refractivity contribution in [2.24, 2.45) is 0 Å². The van der Waals surface area contributed by atoms with Gasteiger partial charge < -0.3 is 14.7 Å². The number of halogens is 3. The first kappa shape index (κ1) is 15.5. The average Bonchev–Trinajstić information content (AvgIpc) is 2.13. The highest BCUT2D eigenvalue weighted by Gasteiger charge is 2.31. The molecule has 0 aliphatic carbocycles. The summed E-state index contributed by atoms with van der Waals surface area (Å²) in [5.41, 5.74) is 0. The number of carboxylic acids is 1. The minimum Gasteiger partial charge on any atom is -0.481 e. The fourth-order valence-electron chi connectivity index (χ4n) is 1.21. The van der Waals surface area contributed by atoms with Crippen molar-refractivity contribution < 1.29 is 32.6 Å². The Hall–Kier alpha value is -1.47. The van der Waals surface area contributed by atoms with Crippen LogP contribution in [0.3, 0.4) is 0 Å². The number of aliphatic carboxylic acids is 1. The SMILES string of the molecule is CCN(C(=O)OCC(F)(F)F)C(C)CC(=O)O. The van der Waals surface area contributed by atoms with Gasteiger partial charge in [-0.1, -0.05) is 0 Å². The number of ether oxygens (including phenoxy) is 1. The maximum atomic E-state index is 11.8. The van der Waals surface area contributed by atoms with Crippen LogP contribution in [-0.2, 0) is 9.53 Å². The third kappa shape index (κ3) is 6.64. The number of hydrogen-bond acceptors (Lipinski definition) is 3. The molecule has 17 heavy (non-hydrogen) atoms. The summed E-state index contributed by atoms with van der Waals surface area (Å²) in [4.78, 5) is 22.6. The summed E-state index contributed by atoms with van der Waals surface area (Å²) in [5, 5.41) is 8.51.